The lowest BCUT2D eigenvalue weighted by Gasteiger charge is -2.38. The molecule has 144 valence electrons. The number of ether oxygens (including phenoxy) is 1. The van der Waals surface area contributed by atoms with Crippen LogP contribution in [0.4, 0.5) is 11.4 Å². The zero-order valence-corrected chi connectivity index (χ0v) is 16.2. The molecule has 1 unspecified atom stereocenters. The zero-order chi connectivity index (χ0) is 19.4. The first-order valence-electron chi connectivity index (χ1n) is 8.91. The van der Waals surface area contributed by atoms with Gasteiger partial charge in [-0.1, -0.05) is 23.7 Å². The van der Waals surface area contributed by atoms with Crippen LogP contribution in [0, 0.1) is 0 Å². The van der Waals surface area contributed by atoms with Crippen LogP contribution in [0.5, 0.6) is 11.5 Å². The summed E-state index contributed by atoms with van der Waals surface area (Å²) in [6.45, 7) is 4.85. The van der Waals surface area contributed by atoms with Crippen LogP contribution in [0.1, 0.15) is 6.92 Å². The molecule has 0 saturated carbocycles. The van der Waals surface area contributed by atoms with Gasteiger partial charge < -0.3 is 20.1 Å². The molecule has 1 aliphatic rings. The van der Waals surface area contributed by atoms with E-state index >= 15 is 0 Å². The van der Waals surface area contributed by atoms with Gasteiger partial charge in [0, 0.05) is 31.2 Å². The minimum atomic E-state index is -0.291. The molecule has 2 aromatic carbocycles. The van der Waals surface area contributed by atoms with Crippen LogP contribution >= 0.6 is 11.6 Å². The Labute approximate surface area is 164 Å². The molecule has 27 heavy (non-hydrogen) atoms. The molecule has 2 aromatic rings. The quantitative estimate of drug-likeness (QED) is 0.822. The van der Waals surface area contributed by atoms with Crippen molar-refractivity contribution in [3.8, 4) is 11.5 Å². The molecule has 0 aliphatic carbocycles. The van der Waals surface area contributed by atoms with Crippen molar-refractivity contribution in [2.24, 2.45) is 0 Å². The topological polar surface area (TPSA) is 65.0 Å². The summed E-state index contributed by atoms with van der Waals surface area (Å²) in [6, 6.07) is 12.2. The molecule has 6 nitrogen and oxygen atoms in total. The Morgan fingerprint density at radius 1 is 1.19 bits per heavy atom. The van der Waals surface area contributed by atoms with Gasteiger partial charge in [0.05, 0.1) is 24.5 Å². The molecule has 1 atom stereocenters. The Kier molecular flexibility index (Phi) is 6.08. The van der Waals surface area contributed by atoms with E-state index in [1.807, 2.05) is 25.1 Å². The van der Waals surface area contributed by atoms with Crippen LogP contribution in [-0.2, 0) is 4.79 Å². The van der Waals surface area contributed by atoms with Crippen LogP contribution in [0.15, 0.2) is 42.5 Å². The molecule has 1 amide bonds. The van der Waals surface area contributed by atoms with Crippen LogP contribution in [0.2, 0.25) is 5.02 Å². The number of anilines is 2. The van der Waals surface area contributed by atoms with Crippen molar-refractivity contribution >= 4 is 28.9 Å². The zero-order valence-electron chi connectivity index (χ0n) is 15.5. The Hall–Kier alpha value is -2.44. The van der Waals surface area contributed by atoms with Gasteiger partial charge >= 0.3 is 0 Å². The van der Waals surface area contributed by atoms with Gasteiger partial charge in [0.2, 0.25) is 5.91 Å². The van der Waals surface area contributed by atoms with Gasteiger partial charge in [-0.25, -0.2) is 0 Å². The normalized spacial score (nSPS) is 16.0. The van der Waals surface area contributed by atoms with Gasteiger partial charge in [-0.15, -0.1) is 0 Å². The smallest absolute Gasteiger partial charge is 0.241 e. The maximum atomic E-state index is 12.7. The number of methoxy groups -OCH3 is 1. The van der Waals surface area contributed by atoms with E-state index in [9.17, 15) is 9.90 Å². The molecule has 1 aliphatic heterocycles. The SMILES string of the molecule is COc1ccc(Cl)cc1NC(=O)C(C)N1CCN(c2ccccc2O)CC1. The number of phenols is 1. The molecular formula is C20H24ClN3O3. The number of halogens is 1. The summed E-state index contributed by atoms with van der Waals surface area (Å²) in [4.78, 5) is 17.0. The standard InChI is InChI=1S/C20H24ClN3O3/c1-14(20(26)22-16-13-15(21)7-8-19(16)27-2)23-9-11-24(12-10-23)17-5-3-4-6-18(17)25/h3-8,13-14,25H,9-12H2,1-2H3,(H,22,26). The monoisotopic (exact) mass is 389 g/mol. The Morgan fingerprint density at radius 3 is 2.56 bits per heavy atom. The van der Waals surface area contributed by atoms with Crippen molar-refractivity contribution in [3.05, 3.63) is 47.5 Å². The third-order valence-electron chi connectivity index (χ3n) is 4.88. The summed E-state index contributed by atoms with van der Waals surface area (Å²) in [5.74, 6) is 0.751. The fourth-order valence-corrected chi connectivity index (χ4v) is 3.43. The number of phenolic OH excluding ortho intramolecular Hbond substituents is 1. The summed E-state index contributed by atoms with van der Waals surface area (Å²) in [5.41, 5.74) is 1.40. The minimum absolute atomic E-state index is 0.105. The second-order valence-corrected chi connectivity index (χ2v) is 6.96. The van der Waals surface area contributed by atoms with Gasteiger partial charge in [0.25, 0.3) is 0 Å². The highest BCUT2D eigenvalue weighted by atomic mass is 35.5. The highest BCUT2D eigenvalue weighted by molar-refractivity contribution is 6.31. The average molecular weight is 390 g/mol. The van der Waals surface area contributed by atoms with E-state index in [0.717, 1.165) is 31.9 Å². The van der Waals surface area contributed by atoms with Gasteiger partial charge in [-0.05, 0) is 37.3 Å². The average Bonchev–Trinajstić information content (AvgIpc) is 2.68. The summed E-state index contributed by atoms with van der Waals surface area (Å²) < 4.78 is 5.28. The second-order valence-electron chi connectivity index (χ2n) is 6.52. The van der Waals surface area contributed by atoms with Crippen LogP contribution < -0.4 is 15.0 Å². The lowest BCUT2D eigenvalue weighted by atomic mass is 10.2. The largest absolute Gasteiger partial charge is 0.506 e. The third-order valence-corrected chi connectivity index (χ3v) is 5.12. The van der Waals surface area contributed by atoms with Crippen LogP contribution in [0.25, 0.3) is 0 Å². The van der Waals surface area contributed by atoms with Gasteiger partial charge in [-0.2, -0.15) is 0 Å². The summed E-state index contributed by atoms with van der Waals surface area (Å²) in [6.07, 6.45) is 0. The first-order chi connectivity index (χ1) is 13.0. The fourth-order valence-electron chi connectivity index (χ4n) is 3.26. The molecule has 1 saturated heterocycles. The highest BCUT2D eigenvalue weighted by Gasteiger charge is 2.27. The number of benzene rings is 2. The molecule has 0 bridgehead atoms. The fraction of sp³-hybridized carbons (Fsp3) is 0.350. The number of aromatic hydroxyl groups is 1. The number of carbonyl (C=O) groups excluding carboxylic acids is 1. The number of piperazine rings is 1. The molecule has 3 rings (SSSR count). The van der Waals surface area contributed by atoms with Gasteiger partial charge in [-0.3, -0.25) is 9.69 Å². The van der Waals surface area contributed by atoms with Crippen molar-refractivity contribution in [2.45, 2.75) is 13.0 Å². The van der Waals surface area contributed by atoms with E-state index in [0.29, 0.717) is 16.5 Å². The number of para-hydroxylation sites is 2. The maximum Gasteiger partial charge on any atom is 0.241 e. The Morgan fingerprint density at radius 2 is 1.89 bits per heavy atom. The first-order valence-corrected chi connectivity index (χ1v) is 9.29. The van der Waals surface area contributed by atoms with Crippen molar-refractivity contribution in [2.75, 3.05) is 43.5 Å². The summed E-state index contributed by atoms with van der Waals surface area (Å²) >= 11 is 6.03. The molecule has 0 aromatic heterocycles. The number of carbonyl (C=O) groups is 1. The predicted octanol–water partition coefficient (Wildman–Crippen LogP) is 3.20. The van der Waals surface area contributed by atoms with Crippen LogP contribution in [-0.4, -0.2) is 55.2 Å². The van der Waals surface area contributed by atoms with E-state index < -0.39 is 0 Å². The lowest BCUT2D eigenvalue weighted by molar-refractivity contribution is -0.120. The van der Waals surface area contributed by atoms with Gasteiger partial charge in [0.1, 0.15) is 11.5 Å². The number of nitrogens with one attached hydrogen (secondary N) is 1. The molecule has 0 spiro atoms. The van der Waals surface area contributed by atoms with E-state index in [2.05, 4.69) is 15.1 Å². The first kappa shape index (κ1) is 19.3. The number of nitrogens with zero attached hydrogens (tertiary/aromatic N) is 2. The number of hydrogen-bond donors (Lipinski definition) is 2. The molecule has 7 heteroatoms. The second kappa shape index (κ2) is 8.50. The Balaban J connectivity index is 1.61. The maximum absolute atomic E-state index is 12.7. The van der Waals surface area contributed by atoms with Crippen molar-refractivity contribution in [3.63, 3.8) is 0 Å². The van der Waals surface area contributed by atoms with E-state index in [-0.39, 0.29) is 17.7 Å². The molecule has 2 N–H and O–H groups in total. The van der Waals surface area contributed by atoms with Crippen molar-refractivity contribution in [1.82, 2.24) is 4.90 Å². The van der Waals surface area contributed by atoms with Gasteiger partial charge in [0.15, 0.2) is 0 Å². The van der Waals surface area contributed by atoms with Crippen molar-refractivity contribution < 1.29 is 14.6 Å². The summed E-state index contributed by atoms with van der Waals surface area (Å²) in [5, 5.41) is 13.5. The molecule has 0 radical (unpaired) electrons. The summed E-state index contributed by atoms with van der Waals surface area (Å²) in [7, 11) is 1.56. The minimum Gasteiger partial charge on any atom is -0.506 e. The third kappa shape index (κ3) is 4.46. The molecular weight excluding hydrogens is 366 g/mol. The Bertz CT molecular complexity index is 807. The van der Waals surface area contributed by atoms with E-state index in [1.54, 1.807) is 31.4 Å². The number of rotatable bonds is 5. The number of hydrogen-bond acceptors (Lipinski definition) is 5. The van der Waals surface area contributed by atoms with Crippen molar-refractivity contribution in [1.29, 1.82) is 0 Å². The lowest BCUT2D eigenvalue weighted by Crippen LogP contribution is -2.52. The molecule has 1 fully saturated rings. The van der Waals surface area contributed by atoms with E-state index in [1.165, 1.54) is 0 Å². The molecule has 1 heterocycles. The predicted molar refractivity (Wildman–Crippen MR) is 108 cm³/mol. The number of amides is 1. The van der Waals surface area contributed by atoms with E-state index in [4.69, 9.17) is 16.3 Å². The highest BCUT2D eigenvalue weighted by Crippen LogP contribution is 2.29. The van der Waals surface area contributed by atoms with Crippen LogP contribution in [0.3, 0.4) is 0 Å².